The highest BCUT2D eigenvalue weighted by molar-refractivity contribution is 5.11. The van der Waals surface area contributed by atoms with E-state index in [0.29, 0.717) is 0 Å². The van der Waals surface area contributed by atoms with Gasteiger partial charge in [-0.15, -0.1) is 0 Å². The Morgan fingerprint density at radius 2 is 2.22 bits per heavy atom. The molecule has 0 aromatic carbocycles. The molecule has 0 saturated carbocycles. The summed E-state index contributed by atoms with van der Waals surface area (Å²) >= 11 is 0. The normalized spacial score (nSPS) is 20.4. The number of hydrogen-bond donors (Lipinski definition) is 1. The zero-order valence-electron chi connectivity index (χ0n) is 11.7. The summed E-state index contributed by atoms with van der Waals surface area (Å²) < 4.78 is 0. The lowest BCUT2D eigenvalue weighted by Gasteiger charge is -2.15. The van der Waals surface area contributed by atoms with Crippen molar-refractivity contribution < 1.29 is 0 Å². The van der Waals surface area contributed by atoms with Gasteiger partial charge in [0.25, 0.3) is 0 Å². The van der Waals surface area contributed by atoms with Gasteiger partial charge >= 0.3 is 0 Å². The molecule has 0 radical (unpaired) electrons. The number of nitrogens with one attached hydrogen (secondary N) is 1. The molecule has 1 saturated heterocycles. The Morgan fingerprint density at radius 3 is 2.94 bits per heavy atom. The molecule has 3 heteroatoms. The van der Waals surface area contributed by atoms with E-state index in [2.05, 4.69) is 42.3 Å². The molecule has 0 amide bonds. The van der Waals surface area contributed by atoms with Crippen molar-refractivity contribution in [2.45, 2.75) is 39.8 Å². The Bertz CT molecular complexity index is 365. The van der Waals surface area contributed by atoms with Gasteiger partial charge in [-0.3, -0.25) is 9.88 Å². The lowest BCUT2D eigenvalue weighted by molar-refractivity contribution is 0.316. The number of rotatable bonds is 6. The van der Waals surface area contributed by atoms with Crippen LogP contribution in [-0.2, 0) is 13.1 Å². The lowest BCUT2D eigenvalue weighted by atomic mass is 10.2. The Kier molecular flexibility index (Phi) is 5.14. The monoisotopic (exact) mass is 247 g/mol. The van der Waals surface area contributed by atoms with E-state index in [1.54, 1.807) is 0 Å². The smallest absolute Gasteiger partial charge is 0.0547 e. The van der Waals surface area contributed by atoms with E-state index in [0.717, 1.165) is 31.2 Å². The van der Waals surface area contributed by atoms with Gasteiger partial charge in [-0.25, -0.2) is 0 Å². The highest BCUT2D eigenvalue weighted by Gasteiger charge is 2.18. The molecule has 3 nitrogen and oxygen atoms in total. The zero-order chi connectivity index (χ0) is 12.8. The second kappa shape index (κ2) is 6.86. The van der Waals surface area contributed by atoms with Crippen molar-refractivity contribution in [3.63, 3.8) is 0 Å². The van der Waals surface area contributed by atoms with Crippen LogP contribution in [0.3, 0.4) is 0 Å². The summed E-state index contributed by atoms with van der Waals surface area (Å²) in [5, 5.41) is 3.40. The maximum atomic E-state index is 4.73. The summed E-state index contributed by atoms with van der Waals surface area (Å²) in [6.45, 7) is 9.92. The highest BCUT2D eigenvalue weighted by atomic mass is 15.1. The predicted octanol–water partition coefficient (Wildman–Crippen LogP) is 2.42. The van der Waals surface area contributed by atoms with Crippen molar-refractivity contribution in [3.8, 4) is 0 Å². The molecule has 0 spiro atoms. The van der Waals surface area contributed by atoms with Crippen molar-refractivity contribution in [2.75, 3.05) is 19.6 Å². The van der Waals surface area contributed by atoms with Crippen LogP contribution in [0.2, 0.25) is 0 Å². The topological polar surface area (TPSA) is 28.2 Å². The highest BCUT2D eigenvalue weighted by Crippen LogP contribution is 2.17. The van der Waals surface area contributed by atoms with Crippen LogP contribution >= 0.6 is 0 Å². The first-order chi connectivity index (χ1) is 8.78. The number of likely N-dealkylation sites (tertiary alicyclic amines) is 1. The van der Waals surface area contributed by atoms with E-state index >= 15 is 0 Å². The van der Waals surface area contributed by atoms with Gasteiger partial charge in [0.1, 0.15) is 0 Å². The van der Waals surface area contributed by atoms with Crippen molar-refractivity contribution in [1.82, 2.24) is 15.2 Å². The molecule has 1 N–H and O–H groups in total. The quantitative estimate of drug-likeness (QED) is 0.783. The molecule has 1 aliphatic rings. The summed E-state index contributed by atoms with van der Waals surface area (Å²) in [6, 6.07) is 6.38. The largest absolute Gasteiger partial charge is 0.311 e. The van der Waals surface area contributed by atoms with Gasteiger partial charge in [-0.05, 0) is 44.0 Å². The first kappa shape index (κ1) is 13.5. The second-order valence-electron chi connectivity index (χ2n) is 5.43. The molecular formula is C15H25N3. The van der Waals surface area contributed by atoms with Crippen LogP contribution in [-0.4, -0.2) is 29.5 Å². The van der Waals surface area contributed by atoms with E-state index < -0.39 is 0 Å². The van der Waals surface area contributed by atoms with Crippen molar-refractivity contribution in [3.05, 3.63) is 29.6 Å². The van der Waals surface area contributed by atoms with Crippen molar-refractivity contribution in [1.29, 1.82) is 0 Å². The van der Waals surface area contributed by atoms with Crippen LogP contribution in [0, 0.1) is 5.92 Å². The van der Waals surface area contributed by atoms with Crippen molar-refractivity contribution >= 4 is 0 Å². The molecule has 2 rings (SSSR count). The van der Waals surface area contributed by atoms with Crippen LogP contribution in [0.5, 0.6) is 0 Å². The maximum absolute atomic E-state index is 4.73. The fourth-order valence-electron chi connectivity index (χ4n) is 2.51. The molecule has 0 aliphatic carbocycles. The Hall–Kier alpha value is -0.930. The summed E-state index contributed by atoms with van der Waals surface area (Å²) in [5.74, 6) is 0.847. The molecule has 100 valence electrons. The molecule has 1 unspecified atom stereocenters. The maximum Gasteiger partial charge on any atom is 0.0547 e. The zero-order valence-corrected chi connectivity index (χ0v) is 11.7. The molecule has 0 bridgehead atoms. The Morgan fingerprint density at radius 1 is 1.39 bits per heavy atom. The number of pyridine rings is 1. The van der Waals surface area contributed by atoms with Crippen LogP contribution in [0.25, 0.3) is 0 Å². The first-order valence-corrected chi connectivity index (χ1v) is 7.16. The van der Waals surface area contributed by atoms with Crippen LogP contribution in [0.1, 0.15) is 38.1 Å². The number of aromatic nitrogens is 1. The van der Waals surface area contributed by atoms with Gasteiger partial charge in [0.2, 0.25) is 0 Å². The Balaban J connectivity index is 1.86. The van der Waals surface area contributed by atoms with Gasteiger partial charge in [0, 0.05) is 19.6 Å². The fraction of sp³-hybridized carbons (Fsp3) is 0.667. The van der Waals surface area contributed by atoms with Crippen molar-refractivity contribution in [2.24, 2.45) is 5.92 Å². The molecule has 18 heavy (non-hydrogen) atoms. The Labute approximate surface area is 111 Å². The van der Waals surface area contributed by atoms with Gasteiger partial charge in [-0.2, -0.15) is 0 Å². The summed E-state index contributed by atoms with van der Waals surface area (Å²) in [7, 11) is 0. The average Bonchev–Trinajstić information content (AvgIpc) is 2.76. The van der Waals surface area contributed by atoms with E-state index in [1.165, 1.54) is 31.6 Å². The van der Waals surface area contributed by atoms with E-state index in [-0.39, 0.29) is 0 Å². The second-order valence-corrected chi connectivity index (χ2v) is 5.43. The van der Waals surface area contributed by atoms with Gasteiger partial charge in [0.05, 0.1) is 11.4 Å². The van der Waals surface area contributed by atoms with Gasteiger partial charge in [0.15, 0.2) is 0 Å². The molecular weight excluding hydrogens is 222 g/mol. The third-order valence-corrected chi connectivity index (χ3v) is 3.49. The number of hydrogen-bond acceptors (Lipinski definition) is 3. The molecule has 2 heterocycles. The van der Waals surface area contributed by atoms with Gasteiger partial charge < -0.3 is 5.32 Å². The molecule has 1 fully saturated rings. The van der Waals surface area contributed by atoms with Crippen LogP contribution in [0.4, 0.5) is 0 Å². The average molecular weight is 247 g/mol. The minimum absolute atomic E-state index is 0.847. The third kappa shape index (κ3) is 4.07. The summed E-state index contributed by atoms with van der Waals surface area (Å²) in [4.78, 5) is 7.24. The molecule has 1 aromatic heterocycles. The SMILES string of the molecule is CCCNCc1cccc(CN2CCC(C)C2)n1. The fourth-order valence-corrected chi connectivity index (χ4v) is 2.51. The van der Waals surface area contributed by atoms with Crippen LogP contribution in [0.15, 0.2) is 18.2 Å². The van der Waals surface area contributed by atoms with Gasteiger partial charge in [-0.1, -0.05) is 19.9 Å². The molecule has 1 aliphatic heterocycles. The first-order valence-electron chi connectivity index (χ1n) is 7.16. The van der Waals surface area contributed by atoms with E-state index in [1.807, 2.05) is 0 Å². The lowest BCUT2D eigenvalue weighted by Crippen LogP contribution is -2.21. The summed E-state index contributed by atoms with van der Waals surface area (Å²) in [5.41, 5.74) is 2.37. The third-order valence-electron chi connectivity index (χ3n) is 3.49. The van der Waals surface area contributed by atoms with E-state index in [9.17, 15) is 0 Å². The van der Waals surface area contributed by atoms with E-state index in [4.69, 9.17) is 4.98 Å². The molecule has 1 aromatic rings. The minimum atomic E-state index is 0.847. The molecule has 1 atom stereocenters. The standard InChI is InChI=1S/C15H25N3/c1-3-8-16-10-14-5-4-6-15(17-14)12-18-9-7-13(2)11-18/h4-6,13,16H,3,7-12H2,1-2H3. The van der Waals surface area contributed by atoms with Crippen LogP contribution < -0.4 is 5.32 Å². The minimum Gasteiger partial charge on any atom is -0.311 e. The predicted molar refractivity (Wildman–Crippen MR) is 75.3 cm³/mol. The number of nitrogens with zero attached hydrogens (tertiary/aromatic N) is 2. The summed E-state index contributed by atoms with van der Waals surface area (Å²) in [6.07, 6.45) is 2.50.